The maximum Gasteiger partial charge on any atom is 0.119 e. The van der Waals surface area contributed by atoms with Crippen LogP contribution in [0.5, 0.6) is 11.5 Å². The second-order valence-corrected chi connectivity index (χ2v) is 10.7. The summed E-state index contributed by atoms with van der Waals surface area (Å²) in [7, 11) is 0. The van der Waals surface area contributed by atoms with Crippen LogP contribution < -0.4 is 9.47 Å². The quantitative estimate of drug-likeness (QED) is 0.0989. The Morgan fingerprint density at radius 1 is 0.413 bits per heavy atom. The summed E-state index contributed by atoms with van der Waals surface area (Å²) in [5, 5.41) is 17.9. The van der Waals surface area contributed by atoms with E-state index in [0.29, 0.717) is 52.9 Å². The molecule has 4 rings (SSSR count). The smallest absolute Gasteiger partial charge is 0.119 e. The summed E-state index contributed by atoms with van der Waals surface area (Å²) in [5.41, 5.74) is 6.61. The van der Waals surface area contributed by atoms with Crippen molar-refractivity contribution in [3.8, 4) is 33.8 Å². The molecule has 0 aromatic heterocycles. The van der Waals surface area contributed by atoms with E-state index >= 15 is 0 Å². The minimum Gasteiger partial charge on any atom is -0.491 e. The molecule has 4 aromatic rings. The zero-order valence-electron chi connectivity index (χ0n) is 26.8. The van der Waals surface area contributed by atoms with Crippen molar-refractivity contribution in [3.05, 3.63) is 108 Å². The van der Waals surface area contributed by atoms with Crippen molar-refractivity contribution in [3.63, 3.8) is 0 Å². The first-order chi connectivity index (χ1) is 22.6. The van der Waals surface area contributed by atoms with Crippen molar-refractivity contribution >= 4 is 0 Å². The molecule has 0 spiro atoms. The average Bonchev–Trinajstić information content (AvgIpc) is 3.11. The lowest BCUT2D eigenvalue weighted by Gasteiger charge is -2.13. The Hall–Kier alpha value is -3.76. The number of ether oxygens (including phenoxy) is 6. The summed E-state index contributed by atoms with van der Waals surface area (Å²) < 4.78 is 34.0. The molecule has 4 aromatic carbocycles. The molecule has 8 heteroatoms. The van der Waals surface area contributed by atoms with Gasteiger partial charge in [0.05, 0.1) is 65.1 Å². The predicted molar refractivity (Wildman–Crippen MR) is 179 cm³/mol. The standard InChI is InChI=1S/C38H46O8/c1-29(43-21-19-39)31-3-7-33(8-4-31)35-11-15-37(16-12-35)45-27-25-41-23-24-42-26-28-46-38-17-13-36(14-18-38)34-9-5-32(6-10-34)30(2)44-22-20-40/h3-18,29-30,39-40H,19-28H2,1-2H3. The van der Waals surface area contributed by atoms with E-state index in [1.165, 1.54) is 0 Å². The molecule has 2 atom stereocenters. The van der Waals surface area contributed by atoms with Gasteiger partial charge in [-0.25, -0.2) is 0 Å². The highest BCUT2D eigenvalue weighted by Crippen LogP contribution is 2.27. The van der Waals surface area contributed by atoms with Gasteiger partial charge in [0.25, 0.3) is 0 Å². The van der Waals surface area contributed by atoms with E-state index in [0.717, 1.165) is 44.9 Å². The Labute approximate surface area is 272 Å². The highest BCUT2D eigenvalue weighted by atomic mass is 16.6. The SMILES string of the molecule is CC(OCCO)c1ccc(-c2ccc(OCCOCCOCCOc3ccc(-c4ccc(C(C)OCCO)cc4)cc3)cc2)cc1. The van der Waals surface area contributed by atoms with Crippen LogP contribution >= 0.6 is 0 Å². The van der Waals surface area contributed by atoms with Crippen LogP contribution in [0, 0.1) is 0 Å². The molecule has 0 fully saturated rings. The van der Waals surface area contributed by atoms with Gasteiger partial charge in [-0.1, -0.05) is 72.8 Å². The monoisotopic (exact) mass is 630 g/mol. The zero-order chi connectivity index (χ0) is 32.4. The van der Waals surface area contributed by atoms with Crippen LogP contribution in [0.4, 0.5) is 0 Å². The first-order valence-corrected chi connectivity index (χ1v) is 15.8. The third kappa shape index (κ3) is 11.6. The summed E-state index contributed by atoms with van der Waals surface area (Å²) in [6.45, 7) is 7.52. The van der Waals surface area contributed by atoms with E-state index in [-0.39, 0.29) is 25.4 Å². The van der Waals surface area contributed by atoms with Crippen LogP contribution in [0.3, 0.4) is 0 Å². The van der Waals surface area contributed by atoms with E-state index in [1.54, 1.807) is 0 Å². The number of aliphatic hydroxyl groups is 2. The van der Waals surface area contributed by atoms with E-state index in [4.69, 9.17) is 38.6 Å². The van der Waals surface area contributed by atoms with Gasteiger partial charge < -0.3 is 38.6 Å². The molecule has 2 unspecified atom stereocenters. The molecule has 0 saturated carbocycles. The summed E-state index contributed by atoms with van der Waals surface area (Å²) in [4.78, 5) is 0. The lowest BCUT2D eigenvalue weighted by molar-refractivity contribution is 0.0273. The molecule has 0 heterocycles. The van der Waals surface area contributed by atoms with Gasteiger partial charge in [0.2, 0.25) is 0 Å². The third-order valence-corrected chi connectivity index (χ3v) is 7.42. The van der Waals surface area contributed by atoms with Crippen LogP contribution in [0.2, 0.25) is 0 Å². The summed E-state index contributed by atoms with van der Waals surface area (Å²) >= 11 is 0. The fraction of sp³-hybridized carbons (Fsp3) is 0.368. The molecule has 0 aliphatic heterocycles. The second kappa shape index (κ2) is 19.7. The molecular weight excluding hydrogens is 584 g/mol. The molecule has 2 N–H and O–H groups in total. The van der Waals surface area contributed by atoms with E-state index in [1.807, 2.05) is 62.4 Å². The number of aliphatic hydroxyl groups excluding tert-OH is 2. The van der Waals surface area contributed by atoms with Gasteiger partial charge in [0.1, 0.15) is 24.7 Å². The fourth-order valence-corrected chi connectivity index (χ4v) is 4.79. The van der Waals surface area contributed by atoms with Gasteiger partial charge in [-0.15, -0.1) is 0 Å². The number of hydrogen-bond donors (Lipinski definition) is 2. The maximum atomic E-state index is 8.93. The van der Waals surface area contributed by atoms with Crippen molar-refractivity contribution in [2.24, 2.45) is 0 Å². The Kier molecular flexibility index (Phi) is 15.0. The molecule has 46 heavy (non-hydrogen) atoms. The fourth-order valence-electron chi connectivity index (χ4n) is 4.79. The van der Waals surface area contributed by atoms with Gasteiger partial charge in [-0.3, -0.25) is 0 Å². The minimum atomic E-state index is -0.0550. The van der Waals surface area contributed by atoms with E-state index in [9.17, 15) is 0 Å². The van der Waals surface area contributed by atoms with E-state index in [2.05, 4.69) is 48.5 Å². The maximum absolute atomic E-state index is 8.93. The van der Waals surface area contributed by atoms with Gasteiger partial charge in [0.15, 0.2) is 0 Å². The lowest BCUT2D eigenvalue weighted by Crippen LogP contribution is -2.13. The molecule has 246 valence electrons. The van der Waals surface area contributed by atoms with Gasteiger partial charge in [0, 0.05) is 0 Å². The highest BCUT2D eigenvalue weighted by Gasteiger charge is 2.08. The van der Waals surface area contributed by atoms with Crippen molar-refractivity contribution in [2.75, 3.05) is 66.1 Å². The number of rotatable bonds is 21. The van der Waals surface area contributed by atoms with E-state index < -0.39 is 0 Å². The highest BCUT2D eigenvalue weighted by molar-refractivity contribution is 5.65. The topological polar surface area (TPSA) is 95.8 Å². The van der Waals surface area contributed by atoms with Crippen LogP contribution in [-0.2, 0) is 18.9 Å². The predicted octanol–water partition coefficient (Wildman–Crippen LogP) is 6.65. The molecule has 0 radical (unpaired) electrons. The molecule has 0 aliphatic carbocycles. The van der Waals surface area contributed by atoms with Crippen LogP contribution in [0.1, 0.15) is 37.2 Å². The molecular formula is C38H46O8. The van der Waals surface area contributed by atoms with Crippen LogP contribution in [0.25, 0.3) is 22.3 Å². The summed E-state index contributed by atoms with van der Waals surface area (Å²) in [5.74, 6) is 1.59. The molecule has 0 aliphatic rings. The number of benzene rings is 4. The Bertz CT molecular complexity index is 1260. The Morgan fingerprint density at radius 3 is 1.04 bits per heavy atom. The summed E-state index contributed by atoms with van der Waals surface area (Å²) in [6, 6.07) is 32.5. The Morgan fingerprint density at radius 2 is 0.717 bits per heavy atom. The average molecular weight is 631 g/mol. The van der Waals surface area contributed by atoms with Crippen molar-refractivity contribution < 1.29 is 38.6 Å². The van der Waals surface area contributed by atoms with Gasteiger partial charge in [-0.05, 0) is 71.5 Å². The van der Waals surface area contributed by atoms with Crippen LogP contribution in [-0.4, -0.2) is 76.3 Å². The van der Waals surface area contributed by atoms with Crippen LogP contribution in [0.15, 0.2) is 97.1 Å². The number of hydrogen-bond acceptors (Lipinski definition) is 8. The molecule has 0 bridgehead atoms. The zero-order valence-corrected chi connectivity index (χ0v) is 26.8. The molecule has 8 nitrogen and oxygen atoms in total. The minimum absolute atomic E-state index is 0.0222. The van der Waals surface area contributed by atoms with Crippen molar-refractivity contribution in [1.82, 2.24) is 0 Å². The largest absolute Gasteiger partial charge is 0.491 e. The molecule has 0 amide bonds. The second-order valence-electron chi connectivity index (χ2n) is 10.7. The molecule has 0 saturated heterocycles. The normalized spacial score (nSPS) is 12.5. The lowest BCUT2D eigenvalue weighted by atomic mass is 10.0. The summed E-state index contributed by atoms with van der Waals surface area (Å²) in [6.07, 6.45) is -0.110. The first kappa shape index (κ1) is 35.1. The first-order valence-electron chi connectivity index (χ1n) is 15.8. The van der Waals surface area contributed by atoms with Gasteiger partial charge in [-0.2, -0.15) is 0 Å². The van der Waals surface area contributed by atoms with Crippen molar-refractivity contribution in [1.29, 1.82) is 0 Å². The van der Waals surface area contributed by atoms with Crippen molar-refractivity contribution in [2.45, 2.75) is 26.1 Å². The van der Waals surface area contributed by atoms with Gasteiger partial charge >= 0.3 is 0 Å². The third-order valence-electron chi connectivity index (χ3n) is 7.42. The Balaban J connectivity index is 1.04.